The van der Waals surface area contributed by atoms with Crippen LogP contribution in [-0.2, 0) is 49.5 Å². The minimum Gasteiger partial charge on any atom is -0.461 e. The van der Waals surface area contributed by atoms with E-state index in [0.717, 1.165) is 5.56 Å². The summed E-state index contributed by atoms with van der Waals surface area (Å²) in [6.45, 7) is 20.3. The van der Waals surface area contributed by atoms with E-state index < -0.39 is 22.8 Å². The number of carbonyl (C=O) groups excluding carboxylic acids is 5. The third-order valence-electron chi connectivity index (χ3n) is 7.51. The van der Waals surface area contributed by atoms with Crippen molar-refractivity contribution in [3.63, 3.8) is 0 Å². The molecule has 2 rings (SSSR count). The van der Waals surface area contributed by atoms with Crippen LogP contribution in [0.4, 0.5) is 0 Å². The average Bonchev–Trinajstić information content (AvgIpc) is 2.99. The lowest BCUT2D eigenvalue weighted by Gasteiger charge is -2.34. The molecule has 1 amide bonds. The van der Waals surface area contributed by atoms with Crippen LogP contribution in [0.15, 0.2) is 30.3 Å². The van der Waals surface area contributed by atoms with E-state index in [1.54, 1.807) is 0 Å². The molecule has 1 aliphatic heterocycles. The second-order valence-corrected chi connectivity index (χ2v) is 16.1. The van der Waals surface area contributed by atoms with Gasteiger partial charge in [0.25, 0.3) is 0 Å². The summed E-state index contributed by atoms with van der Waals surface area (Å²) in [7, 11) is 0. The minimum atomic E-state index is -0.651. The van der Waals surface area contributed by atoms with Gasteiger partial charge < -0.3 is 24.3 Å². The summed E-state index contributed by atoms with van der Waals surface area (Å²) in [5, 5.41) is 2.82. The predicted octanol–water partition coefficient (Wildman–Crippen LogP) is 2.48. The van der Waals surface area contributed by atoms with Gasteiger partial charge in [0.05, 0.1) is 32.6 Å². The second kappa shape index (κ2) is 21.2. The summed E-state index contributed by atoms with van der Waals surface area (Å²) >= 11 is 0. The largest absolute Gasteiger partial charge is 0.461 e. The first-order valence-electron chi connectivity index (χ1n) is 18.2. The Morgan fingerprint density at radius 1 is 0.538 bits per heavy atom. The molecule has 1 fully saturated rings. The van der Waals surface area contributed by atoms with Gasteiger partial charge in [-0.25, -0.2) is 0 Å². The standard InChI is InChI=1S/C38H63N5O9/c1-36(2,3)50-33(46)26-41-19-17-40(25-31(44)39-16-15-32(45)49-29-30-13-11-10-12-14-30)18-20-42(27-34(47)51-37(4,5)6)22-24-43(23-21-41)28-35(48)52-38(7,8)9/h10-14H,15-29H2,1-9H3,(H,39,44). The lowest BCUT2D eigenvalue weighted by atomic mass is 10.2. The third-order valence-corrected chi connectivity index (χ3v) is 7.51. The van der Waals surface area contributed by atoms with Crippen LogP contribution in [0, 0.1) is 0 Å². The van der Waals surface area contributed by atoms with Crippen molar-refractivity contribution in [3.05, 3.63) is 35.9 Å². The van der Waals surface area contributed by atoms with Gasteiger partial charge in [0.15, 0.2) is 0 Å². The molecule has 0 bridgehead atoms. The van der Waals surface area contributed by atoms with Crippen molar-refractivity contribution in [2.45, 2.75) is 92.1 Å². The number of nitrogens with one attached hydrogen (secondary N) is 1. The molecule has 1 saturated heterocycles. The van der Waals surface area contributed by atoms with Gasteiger partial charge in [-0.1, -0.05) is 30.3 Å². The summed E-state index contributed by atoms with van der Waals surface area (Å²) in [5.74, 6) is -1.77. The topological polar surface area (TPSA) is 147 Å². The predicted molar refractivity (Wildman–Crippen MR) is 197 cm³/mol. The highest BCUT2D eigenvalue weighted by atomic mass is 16.6. The van der Waals surface area contributed by atoms with Crippen LogP contribution >= 0.6 is 0 Å². The van der Waals surface area contributed by atoms with Gasteiger partial charge in [-0.3, -0.25) is 43.6 Å². The second-order valence-electron chi connectivity index (χ2n) is 16.1. The van der Waals surface area contributed by atoms with E-state index >= 15 is 0 Å². The Morgan fingerprint density at radius 3 is 1.23 bits per heavy atom. The molecule has 0 unspecified atom stereocenters. The number of benzene rings is 1. The van der Waals surface area contributed by atoms with Gasteiger partial charge in [0.1, 0.15) is 23.4 Å². The lowest BCUT2D eigenvalue weighted by molar-refractivity contribution is -0.158. The van der Waals surface area contributed by atoms with Crippen molar-refractivity contribution in [2.75, 3.05) is 85.1 Å². The van der Waals surface area contributed by atoms with Crippen molar-refractivity contribution in [1.82, 2.24) is 24.9 Å². The van der Waals surface area contributed by atoms with Crippen LogP contribution in [-0.4, -0.2) is 151 Å². The first-order chi connectivity index (χ1) is 24.2. The Balaban J connectivity index is 2.16. The number of ether oxygens (including phenoxy) is 4. The fourth-order valence-electron chi connectivity index (χ4n) is 5.25. The highest BCUT2D eigenvalue weighted by molar-refractivity contribution is 5.79. The number of nitrogens with zero attached hydrogens (tertiary/aromatic N) is 4. The molecule has 14 heteroatoms. The molecule has 1 aliphatic rings. The maximum absolute atomic E-state index is 13.1. The molecule has 1 aromatic carbocycles. The summed E-state index contributed by atoms with van der Waals surface area (Å²) in [4.78, 5) is 71.9. The van der Waals surface area contributed by atoms with Crippen LogP contribution in [0.25, 0.3) is 0 Å². The molecule has 294 valence electrons. The molecule has 0 aliphatic carbocycles. The highest BCUT2D eigenvalue weighted by Gasteiger charge is 2.26. The van der Waals surface area contributed by atoms with E-state index in [4.69, 9.17) is 18.9 Å². The van der Waals surface area contributed by atoms with Gasteiger partial charge in [-0.2, -0.15) is 0 Å². The molecule has 0 aromatic heterocycles. The Bertz CT molecular complexity index is 1240. The zero-order valence-corrected chi connectivity index (χ0v) is 33.0. The Kier molecular flexibility index (Phi) is 18.2. The van der Waals surface area contributed by atoms with Crippen LogP contribution in [0.5, 0.6) is 0 Å². The molecule has 1 aromatic rings. The minimum absolute atomic E-state index is 0.0334. The molecule has 1 heterocycles. The number of rotatable bonds is 13. The van der Waals surface area contributed by atoms with E-state index in [9.17, 15) is 24.0 Å². The molecule has 52 heavy (non-hydrogen) atoms. The number of esters is 4. The number of hydrogen-bond donors (Lipinski definition) is 1. The van der Waals surface area contributed by atoms with Crippen LogP contribution in [0.2, 0.25) is 0 Å². The zero-order chi connectivity index (χ0) is 39.0. The van der Waals surface area contributed by atoms with Crippen molar-refractivity contribution in [3.8, 4) is 0 Å². The smallest absolute Gasteiger partial charge is 0.320 e. The lowest BCUT2D eigenvalue weighted by Crippen LogP contribution is -2.50. The van der Waals surface area contributed by atoms with E-state index in [2.05, 4.69) is 5.32 Å². The van der Waals surface area contributed by atoms with Crippen LogP contribution in [0.1, 0.15) is 74.3 Å². The van der Waals surface area contributed by atoms with Crippen molar-refractivity contribution in [1.29, 1.82) is 0 Å². The summed E-state index contributed by atoms with van der Waals surface area (Å²) in [6, 6.07) is 9.37. The van der Waals surface area contributed by atoms with Gasteiger partial charge in [0.2, 0.25) is 5.91 Å². The first kappa shape index (κ1) is 44.6. The summed E-state index contributed by atoms with van der Waals surface area (Å²) < 4.78 is 22.1. The van der Waals surface area contributed by atoms with Crippen LogP contribution < -0.4 is 5.32 Å². The third kappa shape index (κ3) is 21.7. The maximum atomic E-state index is 13.1. The van der Waals surface area contributed by atoms with Gasteiger partial charge >= 0.3 is 23.9 Å². The zero-order valence-electron chi connectivity index (χ0n) is 33.0. The SMILES string of the molecule is CC(C)(C)OC(=O)CN1CCN(CC(=O)NCCC(=O)OCc2ccccc2)CCN(CC(=O)OC(C)(C)C)CCN(CC(=O)OC(C)(C)C)CC1. The van der Waals surface area contributed by atoms with Gasteiger partial charge in [0, 0.05) is 58.9 Å². The van der Waals surface area contributed by atoms with E-state index in [0.29, 0.717) is 52.4 Å². The summed E-state index contributed by atoms with van der Waals surface area (Å²) in [6.07, 6.45) is 0.0334. The van der Waals surface area contributed by atoms with Crippen molar-refractivity contribution in [2.24, 2.45) is 0 Å². The molecule has 0 spiro atoms. The molecule has 14 nitrogen and oxygen atoms in total. The van der Waals surface area contributed by atoms with Gasteiger partial charge in [-0.05, 0) is 67.9 Å². The van der Waals surface area contributed by atoms with Crippen molar-refractivity contribution < 1.29 is 42.9 Å². The normalized spacial score (nSPS) is 16.6. The van der Waals surface area contributed by atoms with Crippen LogP contribution in [0.3, 0.4) is 0 Å². The first-order valence-corrected chi connectivity index (χ1v) is 18.2. The Morgan fingerprint density at radius 2 is 0.885 bits per heavy atom. The summed E-state index contributed by atoms with van der Waals surface area (Å²) in [5.41, 5.74) is -1.06. The molecule has 0 atom stereocenters. The maximum Gasteiger partial charge on any atom is 0.320 e. The van der Waals surface area contributed by atoms with E-state index in [1.807, 2.05) is 112 Å². The quantitative estimate of drug-likeness (QED) is 0.234. The van der Waals surface area contributed by atoms with Crippen molar-refractivity contribution >= 4 is 29.8 Å². The van der Waals surface area contributed by atoms with E-state index in [-0.39, 0.29) is 69.6 Å². The number of amides is 1. The Labute approximate surface area is 310 Å². The van der Waals surface area contributed by atoms with Gasteiger partial charge in [-0.15, -0.1) is 0 Å². The Hall–Kier alpha value is -3.59. The molecule has 0 radical (unpaired) electrons. The fraction of sp³-hybridized carbons (Fsp3) is 0.711. The number of carbonyl (C=O) groups is 5. The number of hydrogen-bond acceptors (Lipinski definition) is 13. The average molecular weight is 734 g/mol. The molecular weight excluding hydrogens is 670 g/mol. The highest BCUT2D eigenvalue weighted by Crippen LogP contribution is 2.11. The van der Waals surface area contributed by atoms with E-state index in [1.165, 1.54) is 0 Å². The molecule has 1 N–H and O–H groups in total. The fourth-order valence-corrected chi connectivity index (χ4v) is 5.25. The molecule has 0 saturated carbocycles. The monoisotopic (exact) mass is 733 g/mol. The molecular formula is C38H63N5O9.